The maximum Gasteiger partial charge on any atom is 0.203 e. The van der Waals surface area contributed by atoms with Crippen LogP contribution in [-0.2, 0) is 13.1 Å². The quantitative estimate of drug-likeness (QED) is 0.320. The lowest BCUT2D eigenvalue weighted by atomic mass is 10.2. The molecule has 0 aliphatic carbocycles. The highest BCUT2D eigenvalue weighted by Gasteiger charge is 2.12. The van der Waals surface area contributed by atoms with Crippen molar-refractivity contribution < 1.29 is 4.74 Å². The first-order valence-electron chi connectivity index (χ1n) is 8.98. The summed E-state index contributed by atoms with van der Waals surface area (Å²) < 4.78 is 10.9. The number of hydrogen-bond donors (Lipinski definition) is 1. The molecule has 0 radical (unpaired) electrons. The van der Waals surface area contributed by atoms with Gasteiger partial charge in [-0.2, -0.15) is 0 Å². The second-order valence-electron chi connectivity index (χ2n) is 6.44. The van der Waals surface area contributed by atoms with Crippen molar-refractivity contribution in [1.29, 1.82) is 5.41 Å². The second kappa shape index (κ2) is 9.65. The van der Waals surface area contributed by atoms with Gasteiger partial charge in [-0.25, -0.2) is 0 Å². The third-order valence-electron chi connectivity index (χ3n) is 4.66. The molecule has 1 aromatic heterocycles. The second-order valence-corrected chi connectivity index (χ2v) is 7.73. The van der Waals surface area contributed by atoms with Gasteiger partial charge < -0.3 is 13.9 Å². The summed E-state index contributed by atoms with van der Waals surface area (Å²) in [5, 5.41) is 9.43. The topological polar surface area (TPSA) is 42.9 Å². The monoisotopic (exact) mass is 535 g/mol. The van der Waals surface area contributed by atoms with E-state index in [0.717, 1.165) is 26.8 Å². The summed E-state index contributed by atoms with van der Waals surface area (Å²) in [5.74, 6) is 0.772. The zero-order valence-electron chi connectivity index (χ0n) is 15.5. The molecule has 0 aliphatic heterocycles. The Bertz CT molecular complexity index is 1170. The number of imidazole rings is 1. The van der Waals surface area contributed by atoms with E-state index < -0.39 is 0 Å². The Morgan fingerprint density at radius 3 is 2.17 bits per heavy atom. The highest BCUT2D eigenvalue weighted by Crippen LogP contribution is 2.20. The highest BCUT2D eigenvalue weighted by atomic mass is 79.9. The van der Waals surface area contributed by atoms with E-state index in [0.29, 0.717) is 30.3 Å². The molecule has 0 saturated heterocycles. The van der Waals surface area contributed by atoms with Gasteiger partial charge in [0.25, 0.3) is 0 Å². The van der Waals surface area contributed by atoms with E-state index in [1.807, 2.05) is 69.8 Å². The van der Waals surface area contributed by atoms with Gasteiger partial charge in [-0.1, -0.05) is 57.9 Å². The van der Waals surface area contributed by atoms with Gasteiger partial charge in [-0.15, -0.1) is 17.0 Å². The fraction of sp³-hybridized carbons (Fsp3) is 0.136. The molecule has 3 aromatic carbocycles. The number of ether oxygens (including phenoxy) is 1. The van der Waals surface area contributed by atoms with Gasteiger partial charge in [0, 0.05) is 9.50 Å². The molecule has 0 fully saturated rings. The van der Waals surface area contributed by atoms with Crippen molar-refractivity contribution in [1.82, 2.24) is 9.13 Å². The predicted molar refractivity (Wildman–Crippen MR) is 126 cm³/mol. The van der Waals surface area contributed by atoms with Crippen LogP contribution < -0.4 is 10.4 Å². The van der Waals surface area contributed by atoms with Gasteiger partial charge in [0.05, 0.1) is 24.1 Å². The van der Waals surface area contributed by atoms with Crippen molar-refractivity contribution in [2.75, 3.05) is 6.61 Å². The van der Waals surface area contributed by atoms with Crippen LogP contribution in [0.4, 0.5) is 0 Å². The van der Waals surface area contributed by atoms with Gasteiger partial charge >= 0.3 is 0 Å². The highest BCUT2D eigenvalue weighted by molar-refractivity contribution is 9.10. The number of nitrogens with one attached hydrogen (secondary N) is 1. The summed E-state index contributed by atoms with van der Waals surface area (Å²) in [6.07, 6.45) is 0. The van der Waals surface area contributed by atoms with Gasteiger partial charge in [-0.05, 0) is 48.0 Å². The first-order valence-corrected chi connectivity index (χ1v) is 10.1. The lowest BCUT2D eigenvalue weighted by Gasteiger charge is -2.08. The molecule has 150 valence electrons. The molecule has 0 saturated carbocycles. The minimum Gasteiger partial charge on any atom is -0.492 e. The fourth-order valence-electron chi connectivity index (χ4n) is 3.26. The van der Waals surface area contributed by atoms with E-state index in [-0.39, 0.29) is 17.0 Å². The third-order valence-corrected chi connectivity index (χ3v) is 5.68. The van der Waals surface area contributed by atoms with Crippen molar-refractivity contribution in [2.24, 2.45) is 0 Å². The van der Waals surface area contributed by atoms with Crippen molar-refractivity contribution >= 4 is 55.5 Å². The van der Waals surface area contributed by atoms with Crippen molar-refractivity contribution in [3.05, 3.63) is 93.5 Å². The van der Waals surface area contributed by atoms with Gasteiger partial charge in [-0.3, -0.25) is 5.41 Å². The SMILES string of the molecule is Br.N=c1n(CCOc2ccc(Cl)cc2)c2ccccc2n1Cc1ccccc1Br. The Morgan fingerprint density at radius 1 is 0.862 bits per heavy atom. The zero-order chi connectivity index (χ0) is 19.5. The number of nitrogens with zero attached hydrogens (tertiary/aromatic N) is 2. The third kappa shape index (κ3) is 4.77. The molecule has 7 heteroatoms. The van der Waals surface area contributed by atoms with Crippen LogP contribution in [0.15, 0.2) is 77.3 Å². The summed E-state index contributed by atoms with van der Waals surface area (Å²) in [5.41, 5.74) is 3.66. The molecular formula is C22H20Br2ClN3O. The van der Waals surface area contributed by atoms with Crippen LogP contribution in [0.3, 0.4) is 0 Å². The number of halogens is 3. The maximum absolute atomic E-state index is 8.74. The minimum atomic E-state index is 0. The van der Waals surface area contributed by atoms with Crippen LogP contribution in [0.1, 0.15) is 5.56 Å². The summed E-state index contributed by atoms with van der Waals surface area (Å²) in [6, 6.07) is 23.6. The first kappa shape index (κ1) is 21.7. The molecule has 0 unspecified atom stereocenters. The van der Waals surface area contributed by atoms with Crippen LogP contribution in [0.25, 0.3) is 11.0 Å². The normalized spacial score (nSPS) is 10.7. The van der Waals surface area contributed by atoms with Crippen molar-refractivity contribution in [2.45, 2.75) is 13.1 Å². The Balaban J connectivity index is 0.00000240. The molecule has 0 bridgehead atoms. The Hall–Kier alpha value is -2.02. The van der Waals surface area contributed by atoms with Crippen molar-refractivity contribution in [3.63, 3.8) is 0 Å². The molecule has 4 aromatic rings. The largest absolute Gasteiger partial charge is 0.492 e. The van der Waals surface area contributed by atoms with E-state index in [4.69, 9.17) is 21.7 Å². The van der Waals surface area contributed by atoms with E-state index >= 15 is 0 Å². The first-order chi connectivity index (χ1) is 13.6. The molecule has 0 aliphatic rings. The standard InChI is InChI=1S/C22H19BrClN3O.BrH/c23-19-6-2-1-5-16(19)15-27-21-8-4-3-7-20(21)26(22(27)25)13-14-28-18-11-9-17(24)10-12-18;/h1-12,25H,13-15H2;1H. The molecule has 1 N–H and O–H groups in total. The lowest BCUT2D eigenvalue weighted by Crippen LogP contribution is -2.27. The van der Waals surface area contributed by atoms with Gasteiger partial charge in [0.2, 0.25) is 5.62 Å². The molecule has 29 heavy (non-hydrogen) atoms. The maximum atomic E-state index is 8.74. The van der Waals surface area contributed by atoms with E-state index in [9.17, 15) is 0 Å². The Labute approximate surface area is 193 Å². The number of benzene rings is 3. The zero-order valence-corrected chi connectivity index (χ0v) is 19.6. The number of hydrogen-bond acceptors (Lipinski definition) is 2. The van der Waals surface area contributed by atoms with E-state index in [1.54, 1.807) is 0 Å². The average Bonchev–Trinajstić information content (AvgIpc) is 2.97. The van der Waals surface area contributed by atoms with E-state index in [1.165, 1.54) is 0 Å². The Morgan fingerprint density at radius 2 is 1.48 bits per heavy atom. The smallest absolute Gasteiger partial charge is 0.203 e. The summed E-state index contributed by atoms with van der Waals surface area (Å²) in [6.45, 7) is 1.69. The predicted octanol–water partition coefficient (Wildman–Crippen LogP) is 6.04. The molecular weight excluding hydrogens is 518 g/mol. The fourth-order valence-corrected chi connectivity index (χ4v) is 3.80. The summed E-state index contributed by atoms with van der Waals surface area (Å²) in [4.78, 5) is 0. The molecule has 0 amide bonds. The van der Waals surface area contributed by atoms with Gasteiger partial charge in [0.15, 0.2) is 0 Å². The van der Waals surface area contributed by atoms with Crippen LogP contribution in [0.2, 0.25) is 5.02 Å². The molecule has 4 nitrogen and oxygen atoms in total. The molecule has 0 atom stereocenters. The number of rotatable bonds is 6. The Kier molecular flexibility index (Phi) is 7.22. The van der Waals surface area contributed by atoms with Crippen molar-refractivity contribution in [3.8, 4) is 5.75 Å². The van der Waals surface area contributed by atoms with E-state index in [2.05, 4.69) is 28.1 Å². The lowest BCUT2D eigenvalue weighted by molar-refractivity contribution is 0.296. The average molecular weight is 538 g/mol. The molecule has 0 spiro atoms. The van der Waals surface area contributed by atoms with Crippen LogP contribution in [-0.4, -0.2) is 15.7 Å². The summed E-state index contributed by atoms with van der Waals surface area (Å²) in [7, 11) is 0. The van der Waals surface area contributed by atoms with Gasteiger partial charge in [0.1, 0.15) is 12.4 Å². The van der Waals surface area contributed by atoms with Crippen LogP contribution >= 0.6 is 44.5 Å². The number of para-hydroxylation sites is 2. The summed E-state index contributed by atoms with van der Waals surface area (Å²) >= 11 is 9.53. The van der Waals surface area contributed by atoms with Crippen LogP contribution in [0, 0.1) is 5.41 Å². The van der Waals surface area contributed by atoms with Crippen LogP contribution in [0.5, 0.6) is 5.75 Å². The number of aromatic nitrogens is 2. The minimum absolute atomic E-state index is 0. The molecule has 4 rings (SSSR count). The molecule has 1 heterocycles. The number of fused-ring (bicyclic) bond motifs is 1.